The molecule has 0 saturated heterocycles. The minimum atomic E-state index is 0.782. The van der Waals surface area contributed by atoms with Crippen LogP contribution in [0.1, 0.15) is 19.8 Å². The molecule has 0 fully saturated rings. The van der Waals surface area contributed by atoms with E-state index in [1.54, 1.807) is 0 Å². The van der Waals surface area contributed by atoms with Gasteiger partial charge in [-0.2, -0.15) is 0 Å². The van der Waals surface area contributed by atoms with Crippen LogP contribution >= 0.6 is 0 Å². The molecule has 4 aromatic rings. The minimum absolute atomic E-state index is 0.782. The molecule has 0 aliphatic carbocycles. The molecule has 120 valence electrons. The van der Waals surface area contributed by atoms with E-state index < -0.39 is 0 Å². The first-order valence-corrected chi connectivity index (χ1v) is 8.45. The van der Waals surface area contributed by atoms with Gasteiger partial charge >= 0.3 is 0 Å². The summed E-state index contributed by atoms with van der Waals surface area (Å²) in [5.74, 6) is 0.935. The van der Waals surface area contributed by atoms with Crippen molar-refractivity contribution in [3.8, 4) is 16.9 Å². The van der Waals surface area contributed by atoms with Gasteiger partial charge in [0, 0.05) is 22.5 Å². The molecule has 1 N–H and O–H groups in total. The van der Waals surface area contributed by atoms with Gasteiger partial charge in [-0.05, 0) is 53.9 Å². The third-order valence-corrected chi connectivity index (χ3v) is 4.32. The van der Waals surface area contributed by atoms with Crippen LogP contribution in [0, 0.1) is 0 Å². The Hall–Kier alpha value is -2.81. The number of unbranched alkanes of at least 4 members (excludes halogenated alkanes) is 1. The van der Waals surface area contributed by atoms with E-state index in [4.69, 9.17) is 4.74 Å². The van der Waals surface area contributed by atoms with Crippen LogP contribution in [0.2, 0.25) is 0 Å². The van der Waals surface area contributed by atoms with Crippen LogP contribution < -0.4 is 4.74 Å². The number of fused-ring (bicyclic) bond motifs is 3. The number of ether oxygens (including phenoxy) is 1. The van der Waals surface area contributed by atoms with E-state index in [9.17, 15) is 0 Å². The van der Waals surface area contributed by atoms with Crippen LogP contribution in [-0.2, 0) is 0 Å². The van der Waals surface area contributed by atoms with Gasteiger partial charge in [-0.15, -0.1) is 0 Å². The molecule has 0 saturated carbocycles. The highest BCUT2D eigenvalue weighted by Gasteiger charge is 2.06. The SMILES string of the molecule is CCCCOc1ccc(-c2ccc3[nH]c4ncccc4c3c2)cc1. The van der Waals surface area contributed by atoms with Crippen molar-refractivity contribution in [3.05, 3.63) is 60.8 Å². The molecule has 0 atom stereocenters. The Kier molecular flexibility index (Phi) is 3.91. The maximum atomic E-state index is 5.74. The Morgan fingerprint density at radius 1 is 0.958 bits per heavy atom. The average molecular weight is 316 g/mol. The number of hydrogen-bond donors (Lipinski definition) is 1. The van der Waals surface area contributed by atoms with Crippen molar-refractivity contribution in [2.24, 2.45) is 0 Å². The summed E-state index contributed by atoms with van der Waals surface area (Å²) in [6, 6.07) is 18.9. The van der Waals surface area contributed by atoms with Crippen molar-refractivity contribution < 1.29 is 4.74 Å². The summed E-state index contributed by atoms with van der Waals surface area (Å²) in [5, 5.41) is 2.37. The zero-order chi connectivity index (χ0) is 16.4. The fourth-order valence-corrected chi connectivity index (χ4v) is 2.98. The molecule has 0 radical (unpaired) electrons. The maximum Gasteiger partial charge on any atom is 0.138 e. The van der Waals surface area contributed by atoms with Gasteiger partial charge in [0.05, 0.1) is 6.61 Å². The summed E-state index contributed by atoms with van der Waals surface area (Å²) in [6.45, 7) is 2.95. The van der Waals surface area contributed by atoms with Crippen LogP contribution in [0.5, 0.6) is 5.75 Å². The highest BCUT2D eigenvalue weighted by Crippen LogP contribution is 2.30. The van der Waals surface area contributed by atoms with Gasteiger partial charge in [-0.1, -0.05) is 31.5 Å². The van der Waals surface area contributed by atoms with Crippen LogP contribution in [-0.4, -0.2) is 16.6 Å². The summed E-state index contributed by atoms with van der Waals surface area (Å²) in [5.41, 5.74) is 4.45. The zero-order valence-electron chi connectivity index (χ0n) is 13.8. The van der Waals surface area contributed by atoms with Crippen LogP contribution in [0.15, 0.2) is 60.8 Å². The smallest absolute Gasteiger partial charge is 0.138 e. The Labute approximate surface area is 141 Å². The number of nitrogens with zero attached hydrogens (tertiary/aromatic N) is 1. The number of pyridine rings is 1. The molecule has 3 nitrogen and oxygen atoms in total. The predicted molar refractivity (Wildman–Crippen MR) is 99.4 cm³/mol. The number of hydrogen-bond acceptors (Lipinski definition) is 2. The van der Waals surface area contributed by atoms with E-state index in [-0.39, 0.29) is 0 Å². The molecule has 4 rings (SSSR count). The summed E-state index contributed by atoms with van der Waals surface area (Å²) >= 11 is 0. The summed E-state index contributed by atoms with van der Waals surface area (Å²) < 4.78 is 5.74. The van der Waals surface area contributed by atoms with Gasteiger partial charge in [0.25, 0.3) is 0 Å². The van der Waals surface area contributed by atoms with Crippen molar-refractivity contribution in [3.63, 3.8) is 0 Å². The standard InChI is InChI=1S/C21H20N2O/c1-2-3-13-24-17-9-6-15(7-10-17)16-8-11-20-19(14-16)18-5-4-12-22-21(18)23-20/h4-12,14H,2-3,13H2,1H3,(H,22,23). The Morgan fingerprint density at radius 2 is 1.79 bits per heavy atom. The van der Waals surface area contributed by atoms with Crippen molar-refractivity contribution in [2.75, 3.05) is 6.61 Å². The third kappa shape index (κ3) is 2.73. The van der Waals surface area contributed by atoms with Gasteiger partial charge < -0.3 is 9.72 Å². The Morgan fingerprint density at radius 3 is 2.62 bits per heavy atom. The quantitative estimate of drug-likeness (QED) is 0.489. The molecule has 0 bridgehead atoms. The molecule has 0 unspecified atom stereocenters. The van der Waals surface area contributed by atoms with Gasteiger partial charge in [-0.3, -0.25) is 0 Å². The van der Waals surface area contributed by atoms with Crippen molar-refractivity contribution in [2.45, 2.75) is 19.8 Å². The molecule has 3 heteroatoms. The highest BCUT2D eigenvalue weighted by atomic mass is 16.5. The average Bonchev–Trinajstić information content (AvgIpc) is 3.00. The molecule has 2 aromatic carbocycles. The van der Waals surface area contributed by atoms with Gasteiger partial charge in [0.1, 0.15) is 11.4 Å². The summed E-state index contributed by atoms with van der Waals surface area (Å²) in [7, 11) is 0. The molecule has 0 aliphatic heterocycles. The Bertz CT molecular complexity index is 970. The van der Waals surface area contributed by atoms with Crippen LogP contribution in [0.4, 0.5) is 0 Å². The molecular weight excluding hydrogens is 296 g/mol. The predicted octanol–water partition coefficient (Wildman–Crippen LogP) is 5.56. The van der Waals surface area contributed by atoms with E-state index >= 15 is 0 Å². The second-order valence-electron chi connectivity index (χ2n) is 6.01. The fraction of sp³-hybridized carbons (Fsp3) is 0.190. The summed E-state index contributed by atoms with van der Waals surface area (Å²) in [6.07, 6.45) is 4.06. The number of aromatic nitrogens is 2. The molecular formula is C21H20N2O. The molecule has 0 amide bonds. The van der Waals surface area contributed by atoms with Crippen molar-refractivity contribution >= 4 is 21.9 Å². The topological polar surface area (TPSA) is 37.9 Å². The lowest BCUT2D eigenvalue weighted by Gasteiger charge is -2.07. The largest absolute Gasteiger partial charge is 0.494 e. The third-order valence-electron chi connectivity index (χ3n) is 4.32. The molecule has 2 heterocycles. The molecule has 2 aromatic heterocycles. The van der Waals surface area contributed by atoms with E-state index in [1.165, 1.54) is 16.5 Å². The lowest BCUT2D eigenvalue weighted by atomic mass is 10.0. The number of aromatic amines is 1. The lowest BCUT2D eigenvalue weighted by molar-refractivity contribution is 0.309. The first kappa shape index (κ1) is 14.8. The second-order valence-corrected chi connectivity index (χ2v) is 6.01. The van der Waals surface area contributed by atoms with E-state index in [2.05, 4.69) is 53.3 Å². The maximum absolute atomic E-state index is 5.74. The zero-order valence-corrected chi connectivity index (χ0v) is 13.8. The number of rotatable bonds is 5. The van der Waals surface area contributed by atoms with Crippen molar-refractivity contribution in [1.29, 1.82) is 0 Å². The second kappa shape index (κ2) is 6.36. The molecule has 24 heavy (non-hydrogen) atoms. The van der Waals surface area contributed by atoms with E-state index in [0.29, 0.717) is 0 Å². The number of H-pyrrole nitrogens is 1. The summed E-state index contributed by atoms with van der Waals surface area (Å²) in [4.78, 5) is 7.76. The fourth-order valence-electron chi connectivity index (χ4n) is 2.98. The Balaban J connectivity index is 1.67. The number of benzene rings is 2. The first-order valence-electron chi connectivity index (χ1n) is 8.45. The van der Waals surface area contributed by atoms with Crippen molar-refractivity contribution in [1.82, 2.24) is 9.97 Å². The normalized spacial score (nSPS) is 11.2. The minimum Gasteiger partial charge on any atom is -0.494 e. The number of nitrogens with one attached hydrogen (secondary N) is 1. The van der Waals surface area contributed by atoms with Gasteiger partial charge in [-0.25, -0.2) is 4.98 Å². The van der Waals surface area contributed by atoms with E-state index in [0.717, 1.165) is 41.7 Å². The van der Waals surface area contributed by atoms with E-state index in [1.807, 2.05) is 24.4 Å². The van der Waals surface area contributed by atoms with Crippen LogP contribution in [0.25, 0.3) is 33.1 Å². The monoisotopic (exact) mass is 316 g/mol. The van der Waals surface area contributed by atoms with Crippen LogP contribution in [0.3, 0.4) is 0 Å². The van der Waals surface area contributed by atoms with Gasteiger partial charge in [0.15, 0.2) is 0 Å². The molecule has 0 aliphatic rings. The first-order chi connectivity index (χ1) is 11.8. The molecule has 0 spiro atoms. The van der Waals surface area contributed by atoms with Gasteiger partial charge in [0.2, 0.25) is 0 Å². The lowest BCUT2D eigenvalue weighted by Crippen LogP contribution is -1.95. The highest BCUT2D eigenvalue weighted by molar-refractivity contribution is 6.07.